The molecule has 1 fully saturated rings. The van der Waals surface area contributed by atoms with Gasteiger partial charge in [-0.3, -0.25) is 9.88 Å². The summed E-state index contributed by atoms with van der Waals surface area (Å²) in [4.78, 5) is 6.55. The fourth-order valence-electron chi connectivity index (χ4n) is 2.83. The van der Waals surface area contributed by atoms with Crippen molar-refractivity contribution in [3.63, 3.8) is 0 Å². The standard InChI is InChI=1S/C16H16N4O2/c1-3-12(9-17-6-1)10-20-7-5-13(11-20)15-18-19-16(22-15)14-4-2-8-21-14/h1-4,6,8-9,13H,5,7,10-11H2/t13-/m0/s1. The van der Waals surface area contributed by atoms with Crippen LogP contribution in [0.5, 0.6) is 0 Å². The first-order valence-corrected chi connectivity index (χ1v) is 7.37. The molecule has 0 aliphatic carbocycles. The van der Waals surface area contributed by atoms with E-state index < -0.39 is 0 Å². The molecule has 0 saturated carbocycles. The Hall–Kier alpha value is -2.47. The molecule has 0 bridgehead atoms. The first-order valence-electron chi connectivity index (χ1n) is 7.37. The fraction of sp³-hybridized carbons (Fsp3) is 0.312. The smallest absolute Gasteiger partial charge is 0.283 e. The predicted octanol–water partition coefficient (Wildman–Crippen LogP) is 2.71. The number of rotatable bonds is 4. The van der Waals surface area contributed by atoms with Crippen LogP contribution in [0.15, 0.2) is 51.8 Å². The van der Waals surface area contributed by atoms with E-state index >= 15 is 0 Å². The summed E-state index contributed by atoms with van der Waals surface area (Å²) < 4.78 is 11.0. The molecule has 3 aromatic heterocycles. The van der Waals surface area contributed by atoms with Crippen LogP contribution in [0.25, 0.3) is 11.7 Å². The van der Waals surface area contributed by atoms with E-state index in [0.717, 1.165) is 26.1 Å². The van der Waals surface area contributed by atoms with Crippen molar-refractivity contribution >= 4 is 0 Å². The molecule has 0 unspecified atom stereocenters. The molecule has 0 N–H and O–H groups in total. The fourth-order valence-corrected chi connectivity index (χ4v) is 2.83. The molecule has 4 rings (SSSR count). The number of pyridine rings is 1. The third kappa shape index (κ3) is 2.65. The van der Waals surface area contributed by atoms with Crippen molar-refractivity contribution in [2.45, 2.75) is 18.9 Å². The van der Waals surface area contributed by atoms with E-state index in [4.69, 9.17) is 8.83 Å². The Balaban J connectivity index is 1.42. The first-order chi connectivity index (χ1) is 10.9. The highest BCUT2D eigenvalue weighted by Gasteiger charge is 2.28. The van der Waals surface area contributed by atoms with E-state index in [1.165, 1.54) is 5.56 Å². The van der Waals surface area contributed by atoms with Gasteiger partial charge in [-0.05, 0) is 36.7 Å². The van der Waals surface area contributed by atoms with Crippen molar-refractivity contribution in [2.24, 2.45) is 0 Å². The molecule has 0 aromatic carbocycles. The molecule has 0 amide bonds. The quantitative estimate of drug-likeness (QED) is 0.737. The van der Waals surface area contributed by atoms with Gasteiger partial charge in [0.25, 0.3) is 5.89 Å². The molecule has 3 aromatic rings. The Kier molecular flexibility index (Phi) is 3.44. The van der Waals surface area contributed by atoms with Crippen molar-refractivity contribution < 1.29 is 8.83 Å². The van der Waals surface area contributed by atoms with Gasteiger partial charge in [0.1, 0.15) is 0 Å². The third-order valence-electron chi connectivity index (χ3n) is 3.92. The zero-order chi connectivity index (χ0) is 14.8. The van der Waals surface area contributed by atoms with E-state index in [1.807, 2.05) is 24.4 Å². The minimum absolute atomic E-state index is 0.285. The van der Waals surface area contributed by atoms with Crippen LogP contribution in [0.3, 0.4) is 0 Å². The topological polar surface area (TPSA) is 68.2 Å². The summed E-state index contributed by atoms with van der Waals surface area (Å²) in [5, 5.41) is 8.25. The molecule has 6 heteroatoms. The average molecular weight is 296 g/mol. The summed E-state index contributed by atoms with van der Waals surface area (Å²) >= 11 is 0. The van der Waals surface area contributed by atoms with E-state index in [2.05, 4.69) is 26.1 Å². The minimum atomic E-state index is 0.285. The second kappa shape index (κ2) is 5.73. The SMILES string of the molecule is c1cncc(CN2CC[C@H](c3nnc(-c4ccco4)o3)C2)c1. The number of aromatic nitrogens is 3. The molecule has 22 heavy (non-hydrogen) atoms. The third-order valence-corrected chi connectivity index (χ3v) is 3.92. The average Bonchev–Trinajstić information content (AvgIpc) is 3.29. The van der Waals surface area contributed by atoms with Crippen LogP contribution in [-0.4, -0.2) is 33.2 Å². The van der Waals surface area contributed by atoms with Crippen LogP contribution in [-0.2, 0) is 6.54 Å². The van der Waals surface area contributed by atoms with E-state index in [1.54, 1.807) is 12.5 Å². The van der Waals surface area contributed by atoms with Gasteiger partial charge < -0.3 is 8.83 Å². The number of hydrogen-bond acceptors (Lipinski definition) is 6. The number of nitrogens with zero attached hydrogens (tertiary/aromatic N) is 4. The summed E-state index contributed by atoms with van der Waals surface area (Å²) in [6.07, 6.45) is 6.34. The van der Waals surface area contributed by atoms with E-state index in [-0.39, 0.29) is 5.92 Å². The number of hydrogen-bond donors (Lipinski definition) is 0. The molecule has 1 atom stereocenters. The molecule has 0 spiro atoms. The van der Waals surface area contributed by atoms with Crippen molar-refractivity contribution in [3.05, 3.63) is 54.4 Å². The molecule has 0 radical (unpaired) electrons. The maximum Gasteiger partial charge on any atom is 0.283 e. The minimum Gasteiger partial charge on any atom is -0.459 e. The molecule has 1 saturated heterocycles. The molecule has 112 valence electrons. The van der Waals surface area contributed by atoms with E-state index in [9.17, 15) is 0 Å². The Morgan fingerprint density at radius 1 is 1.23 bits per heavy atom. The summed E-state index contributed by atoms with van der Waals surface area (Å²) in [7, 11) is 0. The van der Waals surface area contributed by atoms with Crippen molar-refractivity contribution in [1.82, 2.24) is 20.1 Å². The van der Waals surface area contributed by atoms with Gasteiger partial charge in [0.2, 0.25) is 5.89 Å². The molecule has 1 aliphatic rings. The van der Waals surface area contributed by atoms with E-state index in [0.29, 0.717) is 17.5 Å². The zero-order valence-corrected chi connectivity index (χ0v) is 12.1. The highest BCUT2D eigenvalue weighted by atomic mass is 16.4. The lowest BCUT2D eigenvalue weighted by Crippen LogP contribution is -2.19. The first kappa shape index (κ1) is 13.2. The Morgan fingerprint density at radius 3 is 3.05 bits per heavy atom. The molecule has 1 aliphatic heterocycles. The van der Waals surface area contributed by atoms with Gasteiger partial charge in [0.15, 0.2) is 5.76 Å². The lowest BCUT2D eigenvalue weighted by molar-refractivity contribution is 0.319. The van der Waals surface area contributed by atoms with Crippen molar-refractivity contribution in [1.29, 1.82) is 0 Å². The maximum atomic E-state index is 5.76. The highest BCUT2D eigenvalue weighted by molar-refractivity contribution is 5.42. The lowest BCUT2D eigenvalue weighted by Gasteiger charge is -2.14. The molecule has 6 nitrogen and oxygen atoms in total. The van der Waals surface area contributed by atoms with Crippen LogP contribution in [0.1, 0.15) is 23.8 Å². The van der Waals surface area contributed by atoms with Gasteiger partial charge in [-0.15, -0.1) is 10.2 Å². The van der Waals surface area contributed by atoms with Crippen LogP contribution in [0.4, 0.5) is 0 Å². The molecular formula is C16H16N4O2. The number of furan rings is 1. The second-order valence-corrected chi connectivity index (χ2v) is 5.50. The monoisotopic (exact) mass is 296 g/mol. The Morgan fingerprint density at radius 2 is 2.23 bits per heavy atom. The number of likely N-dealkylation sites (tertiary alicyclic amines) is 1. The summed E-state index contributed by atoms with van der Waals surface area (Å²) in [5.74, 6) is 2.04. The van der Waals surface area contributed by atoms with Crippen LogP contribution < -0.4 is 0 Å². The lowest BCUT2D eigenvalue weighted by atomic mass is 10.1. The Bertz CT molecular complexity index is 724. The maximum absolute atomic E-state index is 5.76. The summed E-state index contributed by atoms with van der Waals surface area (Å²) in [6, 6.07) is 7.70. The summed E-state index contributed by atoms with van der Waals surface area (Å²) in [6.45, 7) is 2.86. The zero-order valence-electron chi connectivity index (χ0n) is 12.1. The van der Waals surface area contributed by atoms with Gasteiger partial charge in [-0.2, -0.15) is 0 Å². The van der Waals surface area contributed by atoms with Crippen molar-refractivity contribution in [3.8, 4) is 11.7 Å². The van der Waals surface area contributed by atoms with Crippen LogP contribution >= 0.6 is 0 Å². The predicted molar refractivity (Wildman–Crippen MR) is 78.9 cm³/mol. The highest BCUT2D eigenvalue weighted by Crippen LogP contribution is 2.29. The largest absolute Gasteiger partial charge is 0.459 e. The van der Waals surface area contributed by atoms with Gasteiger partial charge in [0, 0.05) is 25.5 Å². The molecular weight excluding hydrogens is 280 g/mol. The van der Waals surface area contributed by atoms with Gasteiger partial charge in [-0.1, -0.05) is 6.07 Å². The van der Waals surface area contributed by atoms with Crippen molar-refractivity contribution in [2.75, 3.05) is 13.1 Å². The van der Waals surface area contributed by atoms with Crippen LogP contribution in [0, 0.1) is 0 Å². The Labute approximate surface area is 127 Å². The van der Waals surface area contributed by atoms with Crippen LogP contribution in [0.2, 0.25) is 0 Å². The molecule has 4 heterocycles. The second-order valence-electron chi connectivity index (χ2n) is 5.50. The van der Waals surface area contributed by atoms with Gasteiger partial charge >= 0.3 is 0 Å². The van der Waals surface area contributed by atoms with Gasteiger partial charge in [0.05, 0.1) is 12.2 Å². The van der Waals surface area contributed by atoms with Gasteiger partial charge in [-0.25, -0.2) is 0 Å². The summed E-state index contributed by atoms with van der Waals surface area (Å²) in [5.41, 5.74) is 1.23. The normalized spacial score (nSPS) is 18.8.